The van der Waals surface area contributed by atoms with Crippen LogP contribution in [-0.2, 0) is 4.74 Å². The van der Waals surface area contributed by atoms with Crippen molar-refractivity contribution in [2.75, 3.05) is 6.61 Å². The molecule has 3 fully saturated rings. The molecule has 0 radical (unpaired) electrons. The minimum atomic E-state index is -0.560. The van der Waals surface area contributed by atoms with Gasteiger partial charge in [0.1, 0.15) is 18.5 Å². The van der Waals surface area contributed by atoms with E-state index in [1.807, 2.05) is 6.92 Å². The number of aliphatic hydroxyl groups is 2. The third kappa shape index (κ3) is 2.76. The molecule has 3 heteroatoms. The zero-order valence-electron chi connectivity index (χ0n) is 15.3. The van der Waals surface area contributed by atoms with E-state index in [0.29, 0.717) is 30.1 Å². The number of rotatable bonds is 2. The molecule has 134 valence electrons. The Labute approximate surface area is 146 Å². The summed E-state index contributed by atoms with van der Waals surface area (Å²) in [6, 6.07) is 0. The monoisotopic (exact) mass is 332 g/mol. The standard InChI is InChI=1S/C21H32O3/c1-13-6-8-18-14(2)21(5,23)11-10-20(18,4)17(13)9-7-16-15(3)24-12-19(16)22/h7,14,17-19,22-23H,1,3,6,8-12H2,2,4-5H3/b16-7-/t14-,17-,18-,19-,20+,21+/m1/s1. The molecule has 1 saturated heterocycles. The molecule has 2 N–H and O–H groups in total. The molecular weight excluding hydrogens is 300 g/mol. The van der Waals surface area contributed by atoms with Crippen molar-refractivity contribution in [1.82, 2.24) is 0 Å². The van der Waals surface area contributed by atoms with Gasteiger partial charge in [0, 0.05) is 5.57 Å². The summed E-state index contributed by atoms with van der Waals surface area (Å²) >= 11 is 0. The quantitative estimate of drug-likeness (QED) is 0.752. The van der Waals surface area contributed by atoms with Crippen molar-refractivity contribution in [3.8, 4) is 0 Å². The van der Waals surface area contributed by atoms with Crippen molar-refractivity contribution < 1.29 is 14.9 Å². The zero-order valence-corrected chi connectivity index (χ0v) is 15.3. The highest BCUT2D eigenvalue weighted by atomic mass is 16.5. The van der Waals surface area contributed by atoms with E-state index in [0.717, 1.165) is 37.7 Å². The topological polar surface area (TPSA) is 49.7 Å². The van der Waals surface area contributed by atoms with Crippen LogP contribution in [0, 0.1) is 23.2 Å². The van der Waals surface area contributed by atoms with E-state index in [4.69, 9.17) is 4.74 Å². The first-order valence-electron chi connectivity index (χ1n) is 9.27. The van der Waals surface area contributed by atoms with Gasteiger partial charge in [0.15, 0.2) is 0 Å². The van der Waals surface area contributed by atoms with Gasteiger partial charge in [-0.05, 0) is 62.2 Å². The summed E-state index contributed by atoms with van der Waals surface area (Å²) in [5.41, 5.74) is 1.76. The fourth-order valence-corrected chi connectivity index (χ4v) is 5.40. The minimum Gasteiger partial charge on any atom is -0.491 e. The highest BCUT2D eigenvalue weighted by Gasteiger charge is 2.54. The van der Waals surface area contributed by atoms with Gasteiger partial charge in [0.05, 0.1) is 5.60 Å². The van der Waals surface area contributed by atoms with Gasteiger partial charge in [-0.15, -0.1) is 0 Å². The van der Waals surface area contributed by atoms with E-state index < -0.39 is 11.7 Å². The van der Waals surface area contributed by atoms with Crippen molar-refractivity contribution in [3.63, 3.8) is 0 Å². The molecule has 0 spiro atoms. The van der Waals surface area contributed by atoms with E-state index >= 15 is 0 Å². The van der Waals surface area contributed by atoms with Crippen LogP contribution in [0.2, 0.25) is 0 Å². The van der Waals surface area contributed by atoms with Crippen molar-refractivity contribution >= 4 is 0 Å². The van der Waals surface area contributed by atoms with E-state index in [1.165, 1.54) is 5.57 Å². The van der Waals surface area contributed by atoms with Crippen LogP contribution >= 0.6 is 0 Å². The smallest absolute Gasteiger partial charge is 0.118 e. The minimum absolute atomic E-state index is 0.166. The van der Waals surface area contributed by atoms with Crippen molar-refractivity contribution in [3.05, 3.63) is 36.1 Å². The molecule has 0 aromatic rings. The lowest BCUT2D eigenvalue weighted by atomic mass is 9.48. The second-order valence-electron chi connectivity index (χ2n) is 8.65. The molecule has 0 unspecified atom stereocenters. The van der Waals surface area contributed by atoms with Gasteiger partial charge in [-0.2, -0.15) is 0 Å². The average molecular weight is 332 g/mol. The van der Waals surface area contributed by atoms with Crippen LogP contribution in [0.3, 0.4) is 0 Å². The molecule has 0 amide bonds. The maximum atomic E-state index is 10.7. The van der Waals surface area contributed by atoms with Crippen molar-refractivity contribution in [2.45, 2.75) is 64.6 Å². The van der Waals surface area contributed by atoms with Crippen LogP contribution in [0.5, 0.6) is 0 Å². The summed E-state index contributed by atoms with van der Waals surface area (Å²) in [5, 5.41) is 20.8. The normalized spacial score (nSPS) is 47.6. The summed E-state index contributed by atoms with van der Waals surface area (Å²) in [6.07, 6.45) is 6.47. The van der Waals surface area contributed by atoms with Crippen LogP contribution < -0.4 is 0 Å². The first-order valence-corrected chi connectivity index (χ1v) is 9.27. The lowest BCUT2D eigenvalue weighted by Crippen LogP contribution is -2.54. The van der Waals surface area contributed by atoms with Gasteiger partial charge in [0.2, 0.25) is 0 Å². The molecule has 6 atom stereocenters. The summed E-state index contributed by atoms with van der Waals surface area (Å²) in [4.78, 5) is 0. The molecular formula is C21H32O3. The van der Waals surface area contributed by atoms with Crippen LogP contribution in [0.1, 0.15) is 52.9 Å². The third-order valence-corrected chi connectivity index (χ3v) is 7.34. The summed E-state index contributed by atoms with van der Waals surface area (Å²) in [6.45, 7) is 15.2. The highest BCUT2D eigenvalue weighted by Crippen LogP contribution is 2.59. The Balaban J connectivity index is 1.85. The molecule has 3 rings (SSSR count). The van der Waals surface area contributed by atoms with Crippen LogP contribution in [0.15, 0.2) is 36.1 Å². The number of ether oxygens (including phenoxy) is 1. The predicted octanol–water partition coefficient (Wildman–Crippen LogP) is 3.98. The summed E-state index contributed by atoms with van der Waals surface area (Å²) in [7, 11) is 0. The predicted molar refractivity (Wildman–Crippen MR) is 96.3 cm³/mol. The van der Waals surface area contributed by atoms with Crippen molar-refractivity contribution in [1.29, 1.82) is 0 Å². The van der Waals surface area contributed by atoms with E-state index in [9.17, 15) is 10.2 Å². The maximum Gasteiger partial charge on any atom is 0.118 e. The number of allylic oxidation sites excluding steroid dienone is 2. The third-order valence-electron chi connectivity index (χ3n) is 7.34. The SMILES string of the molecule is C=C1OC[C@@H](O)/C1=C\C[C@@H]1C(=C)CC[C@@H]2[C@@H](C)[C@@](C)(O)CC[C@@]12C. The first-order chi connectivity index (χ1) is 11.2. The second-order valence-corrected chi connectivity index (χ2v) is 8.65. The van der Waals surface area contributed by atoms with Gasteiger partial charge in [0.25, 0.3) is 0 Å². The summed E-state index contributed by atoms with van der Waals surface area (Å²) in [5.74, 6) is 1.81. The average Bonchev–Trinajstić information content (AvgIpc) is 2.83. The van der Waals surface area contributed by atoms with Crippen LogP contribution in [0.25, 0.3) is 0 Å². The Hall–Kier alpha value is -1.06. The van der Waals surface area contributed by atoms with E-state index in [1.54, 1.807) is 0 Å². The fraction of sp³-hybridized carbons (Fsp3) is 0.714. The van der Waals surface area contributed by atoms with Gasteiger partial charge in [-0.3, -0.25) is 0 Å². The molecule has 0 aromatic heterocycles. The molecule has 2 aliphatic carbocycles. The number of hydrogen-bond acceptors (Lipinski definition) is 3. The molecule has 0 aromatic carbocycles. The molecule has 1 aliphatic heterocycles. The lowest BCUT2D eigenvalue weighted by Gasteiger charge is -2.58. The Morgan fingerprint density at radius 1 is 1.29 bits per heavy atom. The molecule has 0 bridgehead atoms. The molecule has 2 saturated carbocycles. The first kappa shape index (κ1) is 17.8. The summed E-state index contributed by atoms with van der Waals surface area (Å²) < 4.78 is 5.35. The second kappa shape index (κ2) is 6.03. The fourth-order valence-electron chi connectivity index (χ4n) is 5.40. The van der Waals surface area contributed by atoms with Gasteiger partial charge >= 0.3 is 0 Å². The van der Waals surface area contributed by atoms with Crippen LogP contribution in [-0.4, -0.2) is 28.5 Å². The van der Waals surface area contributed by atoms with Gasteiger partial charge in [-0.25, -0.2) is 0 Å². The Morgan fingerprint density at radius 3 is 2.62 bits per heavy atom. The molecule has 1 heterocycles. The maximum absolute atomic E-state index is 10.7. The van der Waals surface area contributed by atoms with Crippen molar-refractivity contribution in [2.24, 2.45) is 23.2 Å². The number of fused-ring (bicyclic) bond motifs is 1. The molecule has 3 aliphatic rings. The van der Waals surface area contributed by atoms with Gasteiger partial charge in [-0.1, -0.05) is 38.7 Å². The van der Waals surface area contributed by atoms with Gasteiger partial charge < -0.3 is 14.9 Å². The Bertz CT molecular complexity index is 574. The zero-order chi connectivity index (χ0) is 17.7. The highest BCUT2D eigenvalue weighted by molar-refractivity contribution is 5.32. The van der Waals surface area contributed by atoms with E-state index in [-0.39, 0.29) is 5.41 Å². The Morgan fingerprint density at radius 2 is 2.00 bits per heavy atom. The lowest BCUT2D eigenvalue weighted by molar-refractivity contribution is -0.124. The number of hydrogen-bond donors (Lipinski definition) is 2. The molecule has 24 heavy (non-hydrogen) atoms. The van der Waals surface area contributed by atoms with E-state index in [2.05, 4.69) is 33.1 Å². The molecule has 3 nitrogen and oxygen atoms in total. The van der Waals surface area contributed by atoms with Crippen LogP contribution in [0.4, 0.5) is 0 Å². The largest absolute Gasteiger partial charge is 0.491 e. The number of aliphatic hydroxyl groups excluding tert-OH is 1. The Kier molecular flexibility index (Phi) is 4.46.